The standard InChI is InChI=1S/C25H30F3NO4/c1-4-6-13-29(24(31)32-14-7-5-2)17-19-9-8-10-20(15-19)22-16-21(25(26,27)28)11-12-23(22)33-18(3)30/h8-12,15-16H,4-7,13-14,17H2,1-3H3. The largest absolute Gasteiger partial charge is 0.449 e. The Morgan fingerprint density at radius 3 is 2.36 bits per heavy atom. The molecule has 0 bridgehead atoms. The van der Waals surface area contributed by atoms with Crippen molar-refractivity contribution in [2.75, 3.05) is 13.2 Å². The Kier molecular flexibility index (Phi) is 9.75. The average Bonchev–Trinajstić information content (AvgIpc) is 2.76. The lowest BCUT2D eigenvalue weighted by Crippen LogP contribution is -2.32. The van der Waals surface area contributed by atoms with Crippen LogP contribution in [0.25, 0.3) is 11.1 Å². The van der Waals surface area contributed by atoms with Crippen LogP contribution in [0.4, 0.5) is 18.0 Å². The Hall–Kier alpha value is -3.03. The van der Waals surface area contributed by atoms with Gasteiger partial charge >= 0.3 is 18.2 Å². The molecule has 0 unspecified atom stereocenters. The van der Waals surface area contributed by atoms with E-state index in [2.05, 4.69) is 0 Å². The molecule has 0 saturated carbocycles. The van der Waals surface area contributed by atoms with Crippen molar-refractivity contribution in [1.82, 2.24) is 4.90 Å². The van der Waals surface area contributed by atoms with E-state index < -0.39 is 23.8 Å². The molecular weight excluding hydrogens is 435 g/mol. The molecule has 0 aliphatic heterocycles. The van der Waals surface area contributed by atoms with E-state index in [1.165, 1.54) is 6.92 Å². The Labute approximate surface area is 192 Å². The first-order chi connectivity index (χ1) is 15.7. The Morgan fingerprint density at radius 2 is 1.73 bits per heavy atom. The summed E-state index contributed by atoms with van der Waals surface area (Å²) in [6.07, 6.45) is -1.58. The Balaban J connectivity index is 2.36. The fourth-order valence-electron chi connectivity index (χ4n) is 3.21. The van der Waals surface area contributed by atoms with Gasteiger partial charge in [0.05, 0.1) is 12.2 Å². The summed E-state index contributed by atoms with van der Waals surface area (Å²) < 4.78 is 50.4. The SMILES string of the molecule is CCCCOC(=O)N(CCCC)Cc1cccc(-c2cc(C(F)(F)F)ccc2OC(C)=O)c1. The molecule has 0 aliphatic rings. The minimum absolute atomic E-state index is 0.0365. The van der Waals surface area contributed by atoms with Crippen LogP contribution in [0.2, 0.25) is 0 Å². The van der Waals surface area contributed by atoms with E-state index in [1.807, 2.05) is 13.8 Å². The summed E-state index contributed by atoms with van der Waals surface area (Å²) in [5, 5.41) is 0. The predicted octanol–water partition coefficient (Wildman–Crippen LogP) is 6.84. The van der Waals surface area contributed by atoms with Crippen molar-refractivity contribution >= 4 is 12.1 Å². The Bertz CT molecular complexity index is 943. The van der Waals surface area contributed by atoms with Gasteiger partial charge in [0.2, 0.25) is 0 Å². The van der Waals surface area contributed by atoms with Gasteiger partial charge in [0.25, 0.3) is 0 Å². The third kappa shape index (κ3) is 8.11. The zero-order valence-electron chi connectivity index (χ0n) is 19.2. The van der Waals surface area contributed by atoms with Crippen LogP contribution in [0.5, 0.6) is 5.75 Å². The molecule has 0 spiro atoms. The van der Waals surface area contributed by atoms with Crippen molar-refractivity contribution < 1.29 is 32.2 Å². The van der Waals surface area contributed by atoms with Crippen molar-refractivity contribution in [3.63, 3.8) is 0 Å². The molecular formula is C25H30F3NO4. The van der Waals surface area contributed by atoms with Crippen molar-refractivity contribution in [3.05, 3.63) is 53.6 Å². The van der Waals surface area contributed by atoms with Crippen LogP contribution in [0.15, 0.2) is 42.5 Å². The van der Waals surface area contributed by atoms with Crippen molar-refractivity contribution in [1.29, 1.82) is 0 Å². The third-order valence-electron chi connectivity index (χ3n) is 4.94. The van der Waals surface area contributed by atoms with E-state index in [9.17, 15) is 22.8 Å². The number of hydrogen-bond donors (Lipinski definition) is 0. The highest BCUT2D eigenvalue weighted by Gasteiger charge is 2.31. The molecule has 33 heavy (non-hydrogen) atoms. The monoisotopic (exact) mass is 465 g/mol. The quantitative estimate of drug-likeness (QED) is 0.219. The number of hydrogen-bond acceptors (Lipinski definition) is 4. The lowest BCUT2D eigenvalue weighted by molar-refractivity contribution is -0.137. The van der Waals surface area contributed by atoms with Gasteiger partial charge in [-0.15, -0.1) is 0 Å². The summed E-state index contributed by atoms with van der Waals surface area (Å²) in [6, 6.07) is 9.81. The molecule has 8 heteroatoms. The summed E-state index contributed by atoms with van der Waals surface area (Å²) >= 11 is 0. The molecule has 0 atom stereocenters. The molecule has 2 rings (SSSR count). The summed E-state index contributed by atoms with van der Waals surface area (Å²) in [5.74, 6) is -0.595. The number of carbonyl (C=O) groups is 2. The molecule has 0 saturated heterocycles. The second kappa shape index (κ2) is 12.3. The van der Waals surface area contributed by atoms with Crippen LogP contribution in [-0.4, -0.2) is 30.1 Å². The predicted molar refractivity (Wildman–Crippen MR) is 120 cm³/mol. The van der Waals surface area contributed by atoms with E-state index in [-0.39, 0.29) is 17.9 Å². The molecule has 0 N–H and O–H groups in total. The summed E-state index contributed by atoms with van der Waals surface area (Å²) in [6.45, 7) is 6.31. The summed E-state index contributed by atoms with van der Waals surface area (Å²) in [4.78, 5) is 25.6. The van der Waals surface area contributed by atoms with Crippen molar-refractivity contribution in [2.45, 2.75) is 59.2 Å². The maximum Gasteiger partial charge on any atom is 0.416 e. The fourth-order valence-corrected chi connectivity index (χ4v) is 3.21. The number of ether oxygens (including phenoxy) is 2. The number of benzene rings is 2. The van der Waals surface area contributed by atoms with E-state index in [1.54, 1.807) is 29.2 Å². The van der Waals surface area contributed by atoms with Crippen LogP contribution in [-0.2, 0) is 22.3 Å². The number of rotatable bonds is 10. The van der Waals surface area contributed by atoms with E-state index in [0.29, 0.717) is 18.7 Å². The van der Waals surface area contributed by atoms with Crippen LogP contribution < -0.4 is 4.74 Å². The molecule has 2 aromatic rings. The number of nitrogens with zero attached hydrogens (tertiary/aromatic N) is 1. The smallest absolute Gasteiger partial charge is 0.416 e. The second-order valence-electron chi connectivity index (χ2n) is 7.75. The molecule has 0 aliphatic carbocycles. The highest BCUT2D eigenvalue weighted by atomic mass is 19.4. The highest BCUT2D eigenvalue weighted by molar-refractivity contribution is 5.77. The number of unbranched alkanes of at least 4 members (excludes halogenated alkanes) is 2. The van der Waals surface area contributed by atoms with E-state index in [0.717, 1.165) is 49.4 Å². The lowest BCUT2D eigenvalue weighted by Gasteiger charge is -2.22. The third-order valence-corrected chi connectivity index (χ3v) is 4.94. The van der Waals surface area contributed by atoms with Crippen molar-refractivity contribution in [2.24, 2.45) is 0 Å². The zero-order valence-corrected chi connectivity index (χ0v) is 19.2. The summed E-state index contributed by atoms with van der Waals surface area (Å²) in [5.41, 5.74) is 0.474. The average molecular weight is 466 g/mol. The second-order valence-corrected chi connectivity index (χ2v) is 7.75. The van der Waals surface area contributed by atoms with Crippen LogP contribution in [0, 0.1) is 0 Å². The van der Waals surface area contributed by atoms with Gasteiger partial charge in [-0.25, -0.2) is 4.79 Å². The molecule has 0 heterocycles. The number of amides is 1. The molecule has 0 fully saturated rings. The van der Waals surface area contributed by atoms with Gasteiger partial charge in [-0.1, -0.05) is 44.9 Å². The van der Waals surface area contributed by atoms with Crippen LogP contribution >= 0.6 is 0 Å². The maximum absolute atomic E-state index is 13.3. The van der Waals surface area contributed by atoms with Gasteiger partial charge in [0, 0.05) is 25.6 Å². The molecule has 5 nitrogen and oxygen atoms in total. The molecule has 0 radical (unpaired) electrons. The maximum atomic E-state index is 13.3. The molecule has 2 aromatic carbocycles. The number of esters is 1. The van der Waals surface area contributed by atoms with E-state index in [4.69, 9.17) is 9.47 Å². The van der Waals surface area contributed by atoms with Gasteiger partial charge < -0.3 is 14.4 Å². The van der Waals surface area contributed by atoms with Crippen LogP contribution in [0.3, 0.4) is 0 Å². The first kappa shape index (κ1) is 26.2. The van der Waals surface area contributed by atoms with Gasteiger partial charge in [-0.05, 0) is 48.2 Å². The molecule has 180 valence electrons. The summed E-state index contributed by atoms with van der Waals surface area (Å²) in [7, 11) is 0. The zero-order chi connectivity index (χ0) is 24.4. The number of carbonyl (C=O) groups excluding carboxylic acids is 2. The minimum atomic E-state index is -4.54. The minimum Gasteiger partial charge on any atom is -0.449 e. The van der Waals surface area contributed by atoms with Gasteiger partial charge in [0.15, 0.2) is 0 Å². The molecule has 0 aromatic heterocycles. The Morgan fingerprint density at radius 1 is 1.00 bits per heavy atom. The molecule has 1 amide bonds. The van der Waals surface area contributed by atoms with Crippen LogP contribution in [0.1, 0.15) is 57.6 Å². The fraction of sp³-hybridized carbons (Fsp3) is 0.440. The van der Waals surface area contributed by atoms with Gasteiger partial charge in [-0.2, -0.15) is 13.2 Å². The van der Waals surface area contributed by atoms with Crippen molar-refractivity contribution in [3.8, 4) is 16.9 Å². The number of alkyl halides is 3. The number of halogens is 3. The first-order valence-electron chi connectivity index (χ1n) is 11.1. The topological polar surface area (TPSA) is 55.8 Å². The van der Waals surface area contributed by atoms with Gasteiger partial charge in [0.1, 0.15) is 5.75 Å². The lowest BCUT2D eigenvalue weighted by atomic mass is 9.99. The van der Waals surface area contributed by atoms with Gasteiger partial charge in [-0.3, -0.25) is 4.79 Å². The first-order valence-corrected chi connectivity index (χ1v) is 11.1. The highest BCUT2D eigenvalue weighted by Crippen LogP contribution is 2.37. The van der Waals surface area contributed by atoms with E-state index >= 15 is 0 Å². The normalized spacial score (nSPS) is 11.2.